The Morgan fingerprint density at radius 1 is 1.22 bits per heavy atom. The van der Waals surface area contributed by atoms with Crippen molar-refractivity contribution < 1.29 is 13.9 Å². The number of hydrogen-bond acceptors (Lipinski definition) is 4. The predicted octanol–water partition coefficient (Wildman–Crippen LogP) is 3.47. The number of ether oxygens (including phenoxy) is 2. The van der Waals surface area contributed by atoms with E-state index in [0.29, 0.717) is 5.92 Å². The molecular weight excluding hydrogens is 290 g/mol. The molecule has 1 saturated carbocycles. The van der Waals surface area contributed by atoms with Crippen molar-refractivity contribution in [1.29, 1.82) is 0 Å². The first-order valence-corrected chi connectivity index (χ1v) is 9.29. The number of furan rings is 1. The molecule has 1 spiro atoms. The zero-order chi connectivity index (χ0) is 15.5. The van der Waals surface area contributed by atoms with Crippen LogP contribution in [-0.2, 0) is 16.0 Å². The Morgan fingerprint density at radius 2 is 2.09 bits per heavy atom. The number of hydrogen-bond donors (Lipinski definition) is 0. The monoisotopic (exact) mass is 319 g/mol. The van der Waals surface area contributed by atoms with Gasteiger partial charge in [-0.3, -0.25) is 4.90 Å². The third-order valence-corrected chi connectivity index (χ3v) is 5.95. The Labute approximate surface area is 139 Å². The molecule has 0 amide bonds. The van der Waals surface area contributed by atoms with Crippen LogP contribution in [0.2, 0.25) is 0 Å². The molecule has 3 fully saturated rings. The first kappa shape index (κ1) is 15.7. The fraction of sp³-hybridized carbons (Fsp3) is 0.789. The van der Waals surface area contributed by atoms with Gasteiger partial charge in [-0.2, -0.15) is 0 Å². The van der Waals surface area contributed by atoms with Crippen molar-refractivity contribution in [3.05, 3.63) is 24.2 Å². The van der Waals surface area contributed by atoms with Gasteiger partial charge in [-0.25, -0.2) is 0 Å². The van der Waals surface area contributed by atoms with Gasteiger partial charge in [-0.15, -0.1) is 0 Å². The standard InChI is InChI=1S/C19H29NO3/c1-2-16(1)14-22-11-4-18-5-12-23-19(18)6-8-20(9-7-19)13-17-3-10-21-15-17/h3,10,15-16,18H,1-2,4-9,11-14H2. The SMILES string of the molecule is c1cc(CN2CCC3(CC2)OCCC3CCOCC2CC2)co1. The Bertz CT molecular complexity index is 475. The average Bonchev–Trinajstić information content (AvgIpc) is 3.10. The average molecular weight is 319 g/mol. The number of nitrogens with zero attached hydrogens (tertiary/aromatic N) is 1. The van der Waals surface area contributed by atoms with E-state index in [2.05, 4.69) is 11.0 Å². The molecule has 1 aromatic heterocycles. The highest BCUT2D eigenvalue weighted by Gasteiger charge is 2.45. The van der Waals surface area contributed by atoms with Crippen LogP contribution >= 0.6 is 0 Å². The molecule has 128 valence electrons. The van der Waals surface area contributed by atoms with Gasteiger partial charge in [0.15, 0.2) is 0 Å². The summed E-state index contributed by atoms with van der Waals surface area (Å²) in [6.45, 7) is 6.11. The van der Waals surface area contributed by atoms with E-state index in [1.807, 2.05) is 6.26 Å². The Kier molecular flexibility index (Phi) is 4.74. The summed E-state index contributed by atoms with van der Waals surface area (Å²) in [5.41, 5.74) is 1.41. The number of rotatable bonds is 7. The highest BCUT2D eigenvalue weighted by atomic mass is 16.5. The fourth-order valence-corrected chi connectivity index (χ4v) is 4.24. The molecule has 0 aromatic carbocycles. The van der Waals surface area contributed by atoms with E-state index >= 15 is 0 Å². The van der Waals surface area contributed by atoms with Crippen molar-refractivity contribution in [2.45, 2.75) is 50.7 Å². The summed E-state index contributed by atoms with van der Waals surface area (Å²) in [4.78, 5) is 2.53. The highest BCUT2D eigenvalue weighted by molar-refractivity contribution is 5.06. The second-order valence-corrected chi connectivity index (χ2v) is 7.61. The third kappa shape index (κ3) is 3.81. The molecule has 4 nitrogen and oxygen atoms in total. The normalized spacial score (nSPS) is 27.7. The molecule has 0 N–H and O–H groups in total. The maximum atomic E-state index is 6.27. The minimum atomic E-state index is 0.135. The second-order valence-electron chi connectivity index (χ2n) is 7.61. The molecule has 1 aliphatic carbocycles. The zero-order valence-electron chi connectivity index (χ0n) is 14.0. The van der Waals surface area contributed by atoms with Gasteiger partial charge >= 0.3 is 0 Å². The van der Waals surface area contributed by atoms with Gasteiger partial charge in [0.05, 0.1) is 18.1 Å². The van der Waals surface area contributed by atoms with Gasteiger partial charge in [0.25, 0.3) is 0 Å². The second kappa shape index (κ2) is 6.96. The molecular formula is C19H29NO3. The third-order valence-electron chi connectivity index (χ3n) is 5.95. The van der Waals surface area contributed by atoms with Crippen molar-refractivity contribution in [2.75, 3.05) is 32.9 Å². The Balaban J connectivity index is 1.24. The molecule has 3 heterocycles. The van der Waals surface area contributed by atoms with Crippen LogP contribution in [0.1, 0.15) is 44.1 Å². The molecule has 0 bridgehead atoms. The summed E-state index contributed by atoms with van der Waals surface area (Å²) >= 11 is 0. The first-order valence-electron chi connectivity index (χ1n) is 9.29. The summed E-state index contributed by atoms with van der Waals surface area (Å²) in [7, 11) is 0. The lowest BCUT2D eigenvalue weighted by Gasteiger charge is -2.42. The van der Waals surface area contributed by atoms with Crippen molar-refractivity contribution in [3.8, 4) is 0 Å². The predicted molar refractivity (Wildman–Crippen MR) is 88.2 cm³/mol. The van der Waals surface area contributed by atoms with E-state index in [1.165, 1.54) is 31.2 Å². The molecule has 23 heavy (non-hydrogen) atoms. The van der Waals surface area contributed by atoms with E-state index in [9.17, 15) is 0 Å². The van der Waals surface area contributed by atoms with Crippen LogP contribution in [0.15, 0.2) is 23.0 Å². The smallest absolute Gasteiger partial charge is 0.0947 e. The van der Waals surface area contributed by atoms with Crippen LogP contribution in [0.25, 0.3) is 0 Å². The Morgan fingerprint density at radius 3 is 2.83 bits per heavy atom. The van der Waals surface area contributed by atoms with Crippen molar-refractivity contribution in [2.24, 2.45) is 11.8 Å². The first-order chi connectivity index (χ1) is 11.3. The van der Waals surface area contributed by atoms with Crippen molar-refractivity contribution in [1.82, 2.24) is 4.90 Å². The van der Waals surface area contributed by atoms with E-state index in [0.717, 1.165) is 58.2 Å². The summed E-state index contributed by atoms with van der Waals surface area (Å²) in [6.07, 6.45) is 11.1. The van der Waals surface area contributed by atoms with E-state index in [-0.39, 0.29) is 5.60 Å². The van der Waals surface area contributed by atoms with E-state index in [4.69, 9.17) is 13.9 Å². The minimum Gasteiger partial charge on any atom is -0.472 e. The van der Waals surface area contributed by atoms with Crippen LogP contribution in [0, 0.1) is 11.8 Å². The van der Waals surface area contributed by atoms with Crippen LogP contribution in [0.3, 0.4) is 0 Å². The molecule has 3 aliphatic rings. The van der Waals surface area contributed by atoms with Crippen LogP contribution < -0.4 is 0 Å². The zero-order valence-corrected chi connectivity index (χ0v) is 14.0. The van der Waals surface area contributed by atoms with Gasteiger partial charge in [0, 0.05) is 45.0 Å². The Hall–Kier alpha value is -0.840. The maximum absolute atomic E-state index is 6.27. The van der Waals surface area contributed by atoms with Gasteiger partial charge in [0.1, 0.15) is 0 Å². The minimum absolute atomic E-state index is 0.135. The maximum Gasteiger partial charge on any atom is 0.0947 e. The summed E-state index contributed by atoms with van der Waals surface area (Å²) in [5.74, 6) is 1.56. The quantitative estimate of drug-likeness (QED) is 0.721. The van der Waals surface area contributed by atoms with Gasteiger partial charge in [0.2, 0.25) is 0 Å². The molecule has 1 unspecified atom stereocenters. The largest absolute Gasteiger partial charge is 0.472 e. The van der Waals surface area contributed by atoms with E-state index in [1.54, 1.807) is 6.26 Å². The molecule has 2 saturated heterocycles. The fourth-order valence-electron chi connectivity index (χ4n) is 4.24. The summed E-state index contributed by atoms with van der Waals surface area (Å²) in [5, 5.41) is 0. The van der Waals surface area contributed by atoms with Crippen molar-refractivity contribution in [3.63, 3.8) is 0 Å². The lowest BCUT2D eigenvalue weighted by atomic mass is 9.78. The molecule has 4 heteroatoms. The molecule has 4 rings (SSSR count). The summed E-state index contributed by atoms with van der Waals surface area (Å²) in [6, 6.07) is 2.07. The molecule has 1 atom stereocenters. The van der Waals surface area contributed by atoms with E-state index < -0.39 is 0 Å². The lowest BCUT2D eigenvalue weighted by molar-refractivity contribution is -0.0731. The van der Waals surface area contributed by atoms with Crippen LogP contribution in [0.5, 0.6) is 0 Å². The number of piperidine rings is 1. The van der Waals surface area contributed by atoms with Gasteiger partial charge in [-0.1, -0.05) is 0 Å². The molecule has 1 aromatic rings. The molecule has 2 aliphatic heterocycles. The lowest BCUT2D eigenvalue weighted by Crippen LogP contribution is -2.47. The van der Waals surface area contributed by atoms with Crippen LogP contribution in [-0.4, -0.2) is 43.4 Å². The summed E-state index contributed by atoms with van der Waals surface area (Å²) < 4.78 is 17.3. The number of likely N-dealkylation sites (tertiary alicyclic amines) is 1. The van der Waals surface area contributed by atoms with Crippen molar-refractivity contribution >= 4 is 0 Å². The van der Waals surface area contributed by atoms with Gasteiger partial charge in [-0.05, 0) is 56.4 Å². The molecule has 0 radical (unpaired) electrons. The van der Waals surface area contributed by atoms with Gasteiger partial charge < -0.3 is 13.9 Å². The highest BCUT2D eigenvalue weighted by Crippen LogP contribution is 2.42. The van der Waals surface area contributed by atoms with Crippen LogP contribution in [0.4, 0.5) is 0 Å². The topological polar surface area (TPSA) is 34.8 Å².